The van der Waals surface area contributed by atoms with Crippen LogP contribution in [0.4, 0.5) is 0 Å². The van der Waals surface area contributed by atoms with Gasteiger partial charge in [0.2, 0.25) is 0 Å². The number of hydrogen-bond donors (Lipinski definition) is 0. The van der Waals surface area contributed by atoms with Crippen LogP contribution in [0.1, 0.15) is 19.8 Å². The van der Waals surface area contributed by atoms with E-state index in [1.807, 2.05) is 41.2 Å². The van der Waals surface area contributed by atoms with Crippen molar-refractivity contribution >= 4 is 5.70 Å². The lowest BCUT2D eigenvalue weighted by Crippen LogP contribution is -1.87. The second kappa shape index (κ2) is 5.28. The van der Waals surface area contributed by atoms with E-state index in [0.29, 0.717) is 0 Å². The van der Waals surface area contributed by atoms with Gasteiger partial charge >= 0.3 is 0 Å². The molecule has 0 saturated heterocycles. The van der Waals surface area contributed by atoms with Crippen molar-refractivity contribution in [2.45, 2.75) is 19.8 Å². The molecule has 1 heterocycles. The van der Waals surface area contributed by atoms with E-state index in [1.54, 1.807) is 0 Å². The molecule has 0 atom stereocenters. The van der Waals surface area contributed by atoms with Gasteiger partial charge in [-0.15, -0.1) is 0 Å². The minimum atomic E-state index is 0.965. The van der Waals surface area contributed by atoms with Crippen LogP contribution in [0.5, 0.6) is 0 Å². The molecule has 0 amide bonds. The van der Waals surface area contributed by atoms with Gasteiger partial charge in [-0.2, -0.15) is 0 Å². The molecule has 14 heavy (non-hydrogen) atoms. The van der Waals surface area contributed by atoms with E-state index in [4.69, 9.17) is 0 Å². The highest BCUT2D eigenvalue weighted by atomic mass is 14.9. The van der Waals surface area contributed by atoms with Crippen LogP contribution in [-0.4, -0.2) is 4.57 Å². The lowest BCUT2D eigenvalue weighted by molar-refractivity contribution is 0.929. The number of aromatic nitrogens is 1. The largest absolute Gasteiger partial charge is 0.324 e. The van der Waals surface area contributed by atoms with Crippen LogP contribution in [0.2, 0.25) is 0 Å². The first-order valence-corrected chi connectivity index (χ1v) is 4.92. The third-order valence-electron chi connectivity index (χ3n) is 2.02. The van der Waals surface area contributed by atoms with E-state index in [2.05, 4.69) is 20.1 Å². The van der Waals surface area contributed by atoms with E-state index in [-0.39, 0.29) is 0 Å². The normalized spacial score (nSPS) is 10.6. The summed E-state index contributed by atoms with van der Waals surface area (Å²) in [7, 11) is 0. The zero-order valence-electron chi connectivity index (χ0n) is 8.74. The summed E-state index contributed by atoms with van der Waals surface area (Å²) in [5, 5.41) is 0. The topological polar surface area (TPSA) is 4.93 Å². The maximum atomic E-state index is 3.96. The van der Waals surface area contributed by atoms with Gasteiger partial charge in [-0.3, -0.25) is 0 Å². The summed E-state index contributed by atoms with van der Waals surface area (Å²) in [6.45, 7) is 10.1. The molecule has 0 aliphatic carbocycles. The first-order chi connectivity index (χ1) is 6.74. The molecule has 1 aromatic heterocycles. The molecule has 0 unspecified atom stereocenters. The molecule has 0 N–H and O–H groups in total. The molecule has 1 heteroatoms. The van der Waals surface area contributed by atoms with Crippen LogP contribution in [-0.2, 0) is 0 Å². The molecule has 74 valence electrons. The highest BCUT2D eigenvalue weighted by Gasteiger charge is 1.90. The Bertz CT molecular complexity index is 328. The van der Waals surface area contributed by atoms with Crippen molar-refractivity contribution in [1.29, 1.82) is 0 Å². The Labute approximate surface area is 86.1 Å². The predicted molar refractivity (Wildman–Crippen MR) is 63.0 cm³/mol. The molecular weight excluding hydrogens is 170 g/mol. The van der Waals surface area contributed by atoms with Crippen molar-refractivity contribution < 1.29 is 0 Å². The van der Waals surface area contributed by atoms with Crippen molar-refractivity contribution in [2.24, 2.45) is 0 Å². The summed E-state index contributed by atoms with van der Waals surface area (Å²) in [6.07, 6.45) is 10.2. The fourth-order valence-corrected chi connectivity index (χ4v) is 1.23. The number of allylic oxidation sites excluding steroid dienone is 4. The Morgan fingerprint density at radius 2 is 1.86 bits per heavy atom. The zero-order valence-corrected chi connectivity index (χ0v) is 8.74. The molecule has 1 nitrogen and oxygen atoms in total. The highest BCUT2D eigenvalue weighted by molar-refractivity contribution is 5.55. The molecule has 0 bridgehead atoms. The molecular formula is C13H17N. The molecule has 0 fully saturated rings. The zero-order chi connectivity index (χ0) is 10.4. The van der Waals surface area contributed by atoms with Crippen LogP contribution in [0.15, 0.2) is 55.4 Å². The summed E-state index contributed by atoms with van der Waals surface area (Å²) < 4.78 is 1.98. The van der Waals surface area contributed by atoms with Crippen molar-refractivity contribution in [1.82, 2.24) is 4.57 Å². The van der Waals surface area contributed by atoms with Gasteiger partial charge in [-0.25, -0.2) is 0 Å². The molecule has 0 aromatic carbocycles. The molecule has 0 spiro atoms. The van der Waals surface area contributed by atoms with E-state index < -0.39 is 0 Å². The van der Waals surface area contributed by atoms with Gasteiger partial charge in [0.1, 0.15) is 0 Å². The van der Waals surface area contributed by atoms with E-state index >= 15 is 0 Å². The molecule has 1 aromatic rings. The van der Waals surface area contributed by atoms with Gasteiger partial charge in [-0.05, 0) is 24.6 Å². The third-order valence-corrected chi connectivity index (χ3v) is 2.02. The minimum absolute atomic E-state index is 0.965. The Morgan fingerprint density at radius 3 is 2.43 bits per heavy atom. The Morgan fingerprint density at radius 1 is 1.21 bits per heavy atom. The van der Waals surface area contributed by atoms with Crippen LogP contribution in [0.3, 0.4) is 0 Å². The van der Waals surface area contributed by atoms with Crippen LogP contribution in [0, 0.1) is 0 Å². The van der Waals surface area contributed by atoms with Crippen molar-refractivity contribution in [3.05, 3.63) is 55.4 Å². The second-order valence-electron chi connectivity index (χ2n) is 3.32. The maximum absolute atomic E-state index is 3.96. The van der Waals surface area contributed by atoms with Crippen LogP contribution < -0.4 is 0 Å². The van der Waals surface area contributed by atoms with Crippen LogP contribution in [0.25, 0.3) is 5.70 Å². The van der Waals surface area contributed by atoms with Gasteiger partial charge in [0.15, 0.2) is 0 Å². The van der Waals surface area contributed by atoms with Crippen molar-refractivity contribution in [3.8, 4) is 0 Å². The van der Waals surface area contributed by atoms with Gasteiger partial charge < -0.3 is 4.57 Å². The van der Waals surface area contributed by atoms with E-state index in [9.17, 15) is 0 Å². The summed E-state index contributed by atoms with van der Waals surface area (Å²) >= 11 is 0. The van der Waals surface area contributed by atoms with E-state index in [0.717, 1.165) is 24.1 Å². The molecule has 0 radical (unpaired) electrons. The third kappa shape index (κ3) is 3.09. The molecule has 0 saturated carbocycles. The molecule has 1 rings (SSSR count). The van der Waals surface area contributed by atoms with Gasteiger partial charge in [0, 0.05) is 18.1 Å². The lowest BCUT2D eigenvalue weighted by Gasteiger charge is -2.01. The number of nitrogens with zero attached hydrogens (tertiary/aromatic N) is 1. The molecule has 0 aliphatic heterocycles. The predicted octanol–water partition coefficient (Wildman–Crippen LogP) is 3.87. The van der Waals surface area contributed by atoms with Gasteiger partial charge in [-0.1, -0.05) is 38.2 Å². The fraction of sp³-hybridized carbons (Fsp3) is 0.231. The van der Waals surface area contributed by atoms with Gasteiger partial charge in [0.05, 0.1) is 0 Å². The first kappa shape index (κ1) is 10.6. The maximum Gasteiger partial charge on any atom is 0.0377 e. The summed E-state index contributed by atoms with van der Waals surface area (Å²) in [5.41, 5.74) is 2.12. The summed E-state index contributed by atoms with van der Waals surface area (Å²) in [6, 6.07) is 3.97. The Kier molecular flexibility index (Phi) is 3.99. The first-order valence-electron chi connectivity index (χ1n) is 4.92. The lowest BCUT2D eigenvalue weighted by atomic mass is 10.1. The smallest absolute Gasteiger partial charge is 0.0377 e. The molecule has 0 aliphatic rings. The van der Waals surface area contributed by atoms with Crippen molar-refractivity contribution in [3.63, 3.8) is 0 Å². The average molecular weight is 187 g/mol. The summed E-state index contributed by atoms with van der Waals surface area (Å²) in [5.74, 6) is 0. The second-order valence-corrected chi connectivity index (χ2v) is 3.32. The number of rotatable bonds is 5. The Balaban J connectivity index is 2.53. The highest BCUT2D eigenvalue weighted by Crippen LogP contribution is 2.08. The van der Waals surface area contributed by atoms with Crippen molar-refractivity contribution in [2.75, 3.05) is 0 Å². The SMILES string of the molecule is C=C(/C=C\C(=C)n1cccc1)CCC. The average Bonchev–Trinajstić information content (AvgIpc) is 2.67. The monoisotopic (exact) mass is 187 g/mol. The Hall–Kier alpha value is -1.50. The fourth-order valence-electron chi connectivity index (χ4n) is 1.23. The van der Waals surface area contributed by atoms with Crippen LogP contribution >= 0.6 is 0 Å². The number of hydrogen-bond acceptors (Lipinski definition) is 0. The quantitative estimate of drug-likeness (QED) is 0.617. The van der Waals surface area contributed by atoms with E-state index in [1.165, 1.54) is 0 Å². The van der Waals surface area contributed by atoms with Gasteiger partial charge in [0.25, 0.3) is 0 Å². The minimum Gasteiger partial charge on any atom is -0.324 e. The standard InChI is InChI=1S/C13H17N/c1-4-7-12(2)8-9-13(3)14-10-5-6-11-14/h5-6,8-11H,2-4,7H2,1H3/b9-8-. The summed E-state index contributed by atoms with van der Waals surface area (Å²) in [4.78, 5) is 0.